The molecule has 3 atom stereocenters. The third-order valence-electron chi connectivity index (χ3n) is 5.81. The van der Waals surface area contributed by atoms with Gasteiger partial charge in [0.25, 0.3) is 0 Å². The molecule has 1 nitrogen and oxygen atoms in total. The highest BCUT2D eigenvalue weighted by molar-refractivity contribution is 9.10. The lowest BCUT2D eigenvalue weighted by atomic mass is 9.59. The Kier molecular flexibility index (Phi) is 4.62. The van der Waals surface area contributed by atoms with Gasteiger partial charge in [-0.3, -0.25) is 0 Å². The zero-order chi connectivity index (χ0) is 15.9. The predicted octanol–water partition coefficient (Wildman–Crippen LogP) is 3.15. The molecule has 3 rings (SSSR count). The lowest BCUT2D eigenvalue weighted by Crippen LogP contribution is -2.38. The third-order valence-corrected chi connectivity index (χ3v) is 6.31. The molecule has 0 N–H and O–H groups in total. The molecule has 1 saturated carbocycles. The zero-order valence-electron chi connectivity index (χ0n) is 14.2. The van der Waals surface area contributed by atoms with E-state index in [1.165, 1.54) is 53.1 Å². The van der Waals surface area contributed by atoms with Crippen molar-refractivity contribution in [2.24, 2.45) is 11.3 Å². The molecule has 1 aromatic carbocycles. The molecule has 0 aromatic heterocycles. The molecule has 0 aliphatic heterocycles. The van der Waals surface area contributed by atoms with E-state index < -0.39 is 0 Å². The van der Waals surface area contributed by atoms with Gasteiger partial charge in [-0.05, 0) is 60.3 Å². The fraction of sp³-hybridized carbons (Fsp3) is 0.556. The summed E-state index contributed by atoms with van der Waals surface area (Å²) in [4.78, 5) is 0. The molecular weight excluding hydrogens is 334 g/mol. The van der Waals surface area contributed by atoms with E-state index in [0.29, 0.717) is 17.4 Å². The maximum atomic E-state index is 5.77. The van der Waals surface area contributed by atoms with Crippen LogP contribution in [0.3, 0.4) is 0 Å². The lowest BCUT2D eigenvalue weighted by molar-refractivity contribution is -0.00600. The van der Waals surface area contributed by atoms with Crippen molar-refractivity contribution in [2.45, 2.75) is 45.1 Å². The van der Waals surface area contributed by atoms with Gasteiger partial charge < -0.3 is 4.74 Å². The van der Waals surface area contributed by atoms with Crippen molar-refractivity contribution in [1.82, 2.24) is 0 Å². The molecule has 0 bridgehead atoms. The van der Waals surface area contributed by atoms with Crippen LogP contribution >= 0.6 is 15.9 Å². The van der Waals surface area contributed by atoms with Gasteiger partial charge in [0.05, 0.1) is 6.10 Å². The molecule has 4 heteroatoms. The van der Waals surface area contributed by atoms with Crippen LogP contribution in [0.5, 0.6) is 0 Å². The van der Waals surface area contributed by atoms with Crippen molar-refractivity contribution < 1.29 is 4.74 Å². The minimum Gasteiger partial charge on any atom is -0.381 e. The average Bonchev–Trinajstić information content (AvgIpc) is 2.79. The summed E-state index contributed by atoms with van der Waals surface area (Å²) in [6, 6.07) is 6.84. The van der Waals surface area contributed by atoms with Gasteiger partial charge >= 0.3 is 0 Å². The van der Waals surface area contributed by atoms with E-state index in [2.05, 4.69) is 56.7 Å². The van der Waals surface area contributed by atoms with Crippen LogP contribution in [0.2, 0.25) is 0 Å². The van der Waals surface area contributed by atoms with Crippen molar-refractivity contribution in [3.8, 4) is 0 Å². The largest absolute Gasteiger partial charge is 0.381 e. The molecule has 0 saturated heterocycles. The Morgan fingerprint density at radius 1 is 1.41 bits per heavy atom. The molecule has 116 valence electrons. The van der Waals surface area contributed by atoms with E-state index in [-0.39, 0.29) is 0 Å². The molecule has 1 fully saturated rings. The second-order valence-electron chi connectivity index (χ2n) is 7.32. The Hall–Kier alpha value is -0.470. The second kappa shape index (κ2) is 6.20. The highest BCUT2D eigenvalue weighted by Crippen LogP contribution is 2.57. The number of ether oxygens (including phenoxy) is 1. The Labute approximate surface area is 144 Å². The number of hydrogen-bond donors (Lipinski definition) is 0. The van der Waals surface area contributed by atoms with Crippen molar-refractivity contribution >= 4 is 37.2 Å². The standard InChI is InChI=1S/C18H25B2BrO/c1-3-11-9-18(7-6-15(11)22-2)10-12-4-5-13(21)8-14(12)16(18)17(19)20/h4-5,8,11,15H,3,6-7,9-10,19-20H2,1-2H3/t11-,15-,18-/m0/s1. The molecule has 22 heavy (non-hydrogen) atoms. The van der Waals surface area contributed by atoms with E-state index >= 15 is 0 Å². The number of allylic oxidation sites excluding steroid dienone is 1. The highest BCUT2D eigenvalue weighted by Gasteiger charge is 2.47. The Morgan fingerprint density at radius 3 is 2.82 bits per heavy atom. The molecule has 0 unspecified atom stereocenters. The fourth-order valence-electron chi connectivity index (χ4n) is 4.97. The number of benzene rings is 1. The maximum absolute atomic E-state index is 5.77. The third kappa shape index (κ3) is 2.63. The first-order valence-corrected chi connectivity index (χ1v) is 9.29. The summed E-state index contributed by atoms with van der Waals surface area (Å²) in [5.74, 6) is 0.686. The van der Waals surface area contributed by atoms with Crippen molar-refractivity contribution in [1.29, 1.82) is 0 Å². The monoisotopic (exact) mass is 358 g/mol. The predicted molar refractivity (Wildman–Crippen MR) is 103 cm³/mol. The van der Waals surface area contributed by atoms with Crippen LogP contribution < -0.4 is 0 Å². The Bertz CT molecular complexity index is 609. The number of rotatable bonds is 2. The highest BCUT2D eigenvalue weighted by atomic mass is 79.9. The van der Waals surface area contributed by atoms with E-state index in [1.54, 1.807) is 5.57 Å². The van der Waals surface area contributed by atoms with Gasteiger partial charge in [-0.2, -0.15) is 0 Å². The van der Waals surface area contributed by atoms with Gasteiger partial charge in [0.2, 0.25) is 0 Å². The summed E-state index contributed by atoms with van der Waals surface area (Å²) in [6.07, 6.45) is 6.61. The van der Waals surface area contributed by atoms with E-state index in [1.807, 2.05) is 7.11 Å². The van der Waals surface area contributed by atoms with Gasteiger partial charge in [-0.25, -0.2) is 0 Å². The van der Waals surface area contributed by atoms with Gasteiger partial charge in [0, 0.05) is 11.6 Å². The van der Waals surface area contributed by atoms with Crippen LogP contribution in [-0.2, 0) is 11.2 Å². The Balaban J connectivity index is 2.03. The van der Waals surface area contributed by atoms with E-state index in [0.717, 1.165) is 0 Å². The lowest BCUT2D eigenvalue weighted by Gasteiger charge is -2.44. The summed E-state index contributed by atoms with van der Waals surface area (Å²) >= 11 is 3.66. The first kappa shape index (κ1) is 16.4. The zero-order valence-corrected chi connectivity index (χ0v) is 15.8. The smallest absolute Gasteiger partial charge is 0.122 e. The van der Waals surface area contributed by atoms with Gasteiger partial charge in [0.1, 0.15) is 15.7 Å². The van der Waals surface area contributed by atoms with Crippen molar-refractivity contribution in [2.75, 3.05) is 7.11 Å². The van der Waals surface area contributed by atoms with Gasteiger partial charge in [-0.15, -0.1) is 5.37 Å². The molecule has 0 heterocycles. The minimum atomic E-state index is 0.345. The van der Waals surface area contributed by atoms with Gasteiger partial charge in [-0.1, -0.05) is 40.9 Å². The quantitative estimate of drug-likeness (QED) is 0.738. The number of halogens is 1. The van der Waals surface area contributed by atoms with Crippen molar-refractivity contribution in [3.63, 3.8) is 0 Å². The van der Waals surface area contributed by atoms with Crippen molar-refractivity contribution in [3.05, 3.63) is 39.2 Å². The summed E-state index contributed by atoms with van der Waals surface area (Å²) in [7, 11) is 6.46. The van der Waals surface area contributed by atoms with Crippen LogP contribution in [0.15, 0.2) is 28.0 Å². The molecule has 0 amide bonds. The summed E-state index contributed by atoms with van der Waals surface area (Å²) < 4.78 is 6.96. The summed E-state index contributed by atoms with van der Waals surface area (Å²) in [6.45, 7) is 2.32. The van der Waals surface area contributed by atoms with Crippen LogP contribution in [-0.4, -0.2) is 28.9 Å². The SMILES string of the molecule is BC(B)=C1c2cc(Br)ccc2C[C@@]12CC[C@H](OC)[C@@H](CC)C2. The molecule has 1 spiro atoms. The first-order valence-electron chi connectivity index (χ1n) is 8.50. The molecule has 1 aromatic rings. The molecule has 0 radical (unpaired) electrons. The van der Waals surface area contributed by atoms with Crippen LogP contribution in [0.1, 0.15) is 43.7 Å². The number of methoxy groups -OCH3 is 1. The summed E-state index contributed by atoms with van der Waals surface area (Å²) in [5, 5.41) is 1.49. The Morgan fingerprint density at radius 2 is 2.18 bits per heavy atom. The van der Waals surface area contributed by atoms with E-state index in [9.17, 15) is 0 Å². The fourth-order valence-corrected chi connectivity index (χ4v) is 5.33. The molecular formula is C18H25B2BrO. The number of fused-ring (bicyclic) bond motifs is 1. The van der Waals surface area contributed by atoms with Crippen LogP contribution in [0.25, 0.3) is 5.57 Å². The van der Waals surface area contributed by atoms with Gasteiger partial charge in [0.15, 0.2) is 0 Å². The topological polar surface area (TPSA) is 9.23 Å². The van der Waals surface area contributed by atoms with E-state index in [4.69, 9.17) is 4.74 Å². The molecule has 2 aliphatic rings. The number of hydrogen-bond acceptors (Lipinski definition) is 1. The van der Waals surface area contributed by atoms with Crippen LogP contribution in [0, 0.1) is 11.3 Å². The van der Waals surface area contributed by atoms with Crippen LogP contribution in [0.4, 0.5) is 0 Å². The second-order valence-corrected chi connectivity index (χ2v) is 8.23. The normalized spacial score (nSPS) is 30.6. The molecule has 2 aliphatic carbocycles. The maximum Gasteiger partial charge on any atom is 0.122 e. The summed E-state index contributed by atoms with van der Waals surface area (Å²) in [5.41, 5.74) is 4.99. The average molecular weight is 359 g/mol. The first-order chi connectivity index (χ1) is 10.5. The minimum absolute atomic E-state index is 0.345.